The second-order valence-electron chi connectivity index (χ2n) is 8.02. The number of amides is 1. The topological polar surface area (TPSA) is 65.8 Å². The summed E-state index contributed by atoms with van der Waals surface area (Å²) >= 11 is 3.39. The molecule has 0 spiro atoms. The number of hydrogen-bond donors (Lipinski definition) is 1. The Morgan fingerprint density at radius 2 is 1.77 bits per heavy atom. The van der Waals surface area contributed by atoms with E-state index in [2.05, 4.69) is 15.9 Å². The molecule has 2 aromatic carbocycles. The Labute approximate surface area is 189 Å². The van der Waals surface area contributed by atoms with Gasteiger partial charge in [-0.2, -0.15) is 0 Å². The van der Waals surface area contributed by atoms with Gasteiger partial charge in [-0.25, -0.2) is 0 Å². The van der Waals surface area contributed by atoms with Crippen molar-refractivity contribution < 1.29 is 14.7 Å². The quantitative estimate of drug-likeness (QED) is 0.340. The van der Waals surface area contributed by atoms with Crippen LogP contribution in [0.25, 0.3) is 16.7 Å². The van der Waals surface area contributed by atoms with Gasteiger partial charge in [-0.1, -0.05) is 46.3 Å². The second-order valence-corrected chi connectivity index (χ2v) is 8.93. The van der Waals surface area contributed by atoms with E-state index in [1.807, 2.05) is 61.1 Å². The largest absolute Gasteiger partial charge is 0.507 e. The minimum absolute atomic E-state index is 0.127. The lowest BCUT2D eigenvalue weighted by Crippen LogP contribution is -2.35. The first kappa shape index (κ1) is 21.3. The van der Waals surface area contributed by atoms with Crippen LogP contribution in [0.2, 0.25) is 0 Å². The Morgan fingerprint density at radius 1 is 1.10 bits per heavy atom. The molecule has 0 saturated carbocycles. The molecule has 0 radical (unpaired) electrons. The lowest BCUT2D eigenvalue weighted by Gasteiger charge is -2.26. The number of hydrogen-bond acceptors (Lipinski definition) is 4. The van der Waals surface area contributed by atoms with E-state index in [1.54, 1.807) is 29.2 Å². The van der Waals surface area contributed by atoms with Crippen LogP contribution in [0.4, 0.5) is 0 Å². The highest BCUT2D eigenvalue weighted by molar-refractivity contribution is 9.10. The normalized spacial score (nSPS) is 18.5. The molecule has 0 aliphatic carbocycles. The van der Waals surface area contributed by atoms with Crippen molar-refractivity contribution in [2.24, 2.45) is 7.05 Å². The van der Waals surface area contributed by atoms with Crippen molar-refractivity contribution in [1.29, 1.82) is 0 Å². The molecule has 1 fully saturated rings. The summed E-state index contributed by atoms with van der Waals surface area (Å²) in [6, 6.07) is 14.3. The number of likely N-dealkylation sites (N-methyl/N-ethyl adjacent to an activating group) is 1. The number of aryl methyl sites for hydroxylation is 1. The number of benzene rings is 2. The number of halogens is 1. The number of aromatic nitrogens is 1. The fraction of sp³-hybridized carbons (Fsp3) is 0.250. The van der Waals surface area contributed by atoms with Crippen LogP contribution in [-0.2, 0) is 16.6 Å². The Morgan fingerprint density at radius 3 is 2.45 bits per heavy atom. The number of carbonyl (C=O) groups is 2. The van der Waals surface area contributed by atoms with Gasteiger partial charge in [-0.3, -0.25) is 9.59 Å². The van der Waals surface area contributed by atoms with Crippen molar-refractivity contribution in [3.05, 3.63) is 75.9 Å². The molecule has 1 saturated heterocycles. The maximum Gasteiger partial charge on any atom is 0.295 e. The molecule has 2 heterocycles. The zero-order chi connectivity index (χ0) is 22.3. The molecule has 160 valence electrons. The van der Waals surface area contributed by atoms with Gasteiger partial charge in [0.05, 0.1) is 11.6 Å². The number of aliphatic hydroxyl groups is 1. The van der Waals surface area contributed by atoms with Crippen LogP contribution in [0.3, 0.4) is 0 Å². The number of para-hydroxylation sites is 1. The van der Waals surface area contributed by atoms with Gasteiger partial charge in [0.25, 0.3) is 11.7 Å². The summed E-state index contributed by atoms with van der Waals surface area (Å²) in [5.74, 6) is -1.40. The molecule has 6 nitrogen and oxygen atoms in total. The van der Waals surface area contributed by atoms with Gasteiger partial charge in [0.2, 0.25) is 0 Å². The van der Waals surface area contributed by atoms with Crippen LogP contribution in [0.5, 0.6) is 0 Å². The van der Waals surface area contributed by atoms with Gasteiger partial charge in [-0.15, -0.1) is 0 Å². The molecule has 3 aromatic rings. The van der Waals surface area contributed by atoms with E-state index in [4.69, 9.17) is 0 Å². The molecule has 1 aromatic heterocycles. The summed E-state index contributed by atoms with van der Waals surface area (Å²) < 4.78 is 2.84. The van der Waals surface area contributed by atoms with Crippen molar-refractivity contribution in [2.75, 3.05) is 27.2 Å². The average Bonchev–Trinajstić information content (AvgIpc) is 3.21. The van der Waals surface area contributed by atoms with E-state index in [-0.39, 0.29) is 11.3 Å². The molecule has 1 amide bonds. The Balaban J connectivity index is 1.93. The van der Waals surface area contributed by atoms with E-state index < -0.39 is 17.7 Å². The summed E-state index contributed by atoms with van der Waals surface area (Å²) in [4.78, 5) is 29.7. The summed E-state index contributed by atoms with van der Waals surface area (Å²) in [7, 11) is 5.78. The van der Waals surface area contributed by atoms with E-state index in [0.717, 1.165) is 20.9 Å². The van der Waals surface area contributed by atoms with E-state index in [9.17, 15) is 14.7 Å². The maximum atomic E-state index is 13.1. The van der Waals surface area contributed by atoms with Crippen LogP contribution in [-0.4, -0.2) is 58.3 Å². The van der Waals surface area contributed by atoms with Crippen LogP contribution < -0.4 is 0 Å². The van der Waals surface area contributed by atoms with Gasteiger partial charge >= 0.3 is 0 Å². The second kappa shape index (κ2) is 8.32. The third-order valence-corrected chi connectivity index (χ3v) is 6.20. The zero-order valence-electron chi connectivity index (χ0n) is 17.7. The van der Waals surface area contributed by atoms with Gasteiger partial charge < -0.3 is 19.5 Å². The molecule has 7 heteroatoms. The first-order chi connectivity index (χ1) is 14.8. The highest BCUT2D eigenvalue weighted by Crippen LogP contribution is 2.42. The van der Waals surface area contributed by atoms with Gasteiger partial charge in [0.1, 0.15) is 5.76 Å². The number of rotatable bonds is 5. The van der Waals surface area contributed by atoms with Crippen molar-refractivity contribution in [3.63, 3.8) is 0 Å². The number of ketones is 1. The minimum atomic E-state index is -0.658. The zero-order valence-corrected chi connectivity index (χ0v) is 19.3. The van der Waals surface area contributed by atoms with Gasteiger partial charge in [0, 0.05) is 52.8 Å². The number of nitrogens with zero attached hydrogens (tertiary/aromatic N) is 3. The summed E-state index contributed by atoms with van der Waals surface area (Å²) in [6.45, 7) is 0.981. The predicted octanol–water partition coefficient (Wildman–Crippen LogP) is 3.92. The number of aliphatic hydroxyl groups excluding tert-OH is 1. The molecule has 31 heavy (non-hydrogen) atoms. The maximum absolute atomic E-state index is 13.1. The van der Waals surface area contributed by atoms with Crippen LogP contribution >= 0.6 is 15.9 Å². The Kier molecular flexibility index (Phi) is 5.73. The lowest BCUT2D eigenvalue weighted by molar-refractivity contribution is -0.140. The van der Waals surface area contributed by atoms with E-state index in [0.29, 0.717) is 18.7 Å². The molecule has 0 bridgehead atoms. The fourth-order valence-corrected chi connectivity index (χ4v) is 4.36. The highest BCUT2D eigenvalue weighted by atomic mass is 79.9. The molecule has 1 aliphatic rings. The monoisotopic (exact) mass is 481 g/mol. The first-order valence-corrected chi connectivity index (χ1v) is 10.8. The first-order valence-electron chi connectivity index (χ1n) is 10.0. The van der Waals surface area contributed by atoms with Crippen LogP contribution in [0.15, 0.2) is 64.8 Å². The summed E-state index contributed by atoms with van der Waals surface area (Å²) in [5, 5.41) is 12.1. The van der Waals surface area contributed by atoms with Gasteiger partial charge in [-0.05, 0) is 32.3 Å². The number of likely N-dealkylation sites (tertiary alicyclic amines) is 1. The highest BCUT2D eigenvalue weighted by Gasteiger charge is 2.46. The Bertz CT molecular complexity index is 1190. The molecule has 4 rings (SSSR count). The van der Waals surface area contributed by atoms with Crippen molar-refractivity contribution >= 4 is 44.3 Å². The molecular weight excluding hydrogens is 458 g/mol. The number of carbonyl (C=O) groups excluding carboxylic acids is 2. The van der Waals surface area contributed by atoms with Crippen LogP contribution in [0.1, 0.15) is 17.2 Å². The third-order valence-electron chi connectivity index (χ3n) is 5.67. The van der Waals surface area contributed by atoms with Crippen molar-refractivity contribution in [2.45, 2.75) is 6.04 Å². The van der Waals surface area contributed by atoms with E-state index in [1.165, 1.54) is 0 Å². The molecule has 1 atom stereocenters. The van der Waals surface area contributed by atoms with Crippen molar-refractivity contribution in [1.82, 2.24) is 14.4 Å². The standard InChI is InChI=1S/C24H24BrN3O3/c1-26(2)12-13-28-21(18-14-27(3)19-7-5-4-6-17(18)19)20(23(30)24(28)31)22(29)15-8-10-16(25)11-9-15/h4-11,14,21,29H,12-13H2,1-3H3/b22-20+. The molecular formula is C24H24BrN3O3. The number of fused-ring (bicyclic) bond motifs is 1. The third kappa shape index (κ3) is 3.79. The average molecular weight is 482 g/mol. The van der Waals surface area contributed by atoms with Crippen molar-refractivity contribution in [3.8, 4) is 0 Å². The SMILES string of the molecule is CN(C)CCN1C(=O)C(=O)/C(=C(/O)c2ccc(Br)cc2)C1c1cn(C)c2ccccc12. The minimum Gasteiger partial charge on any atom is -0.507 e. The van der Waals surface area contributed by atoms with Gasteiger partial charge in [0.15, 0.2) is 0 Å². The van der Waals surface area contributed by atoms with Crippen LogP contribution in [0, 0.1) is 0 Å². The summed E-state index contributed by atoms with van der Waals surface area (Å²) in [6.07, 6.45) is 1.94. The van der Waals surface area contributed by atoms with E-state index >= 15 is 0 Å². The summed E-state index contributed by atoms with van der Waals surface area (Å²) in [5.41, 5.74) is 2.45. The molecule has 1 unspecified atom stereocenters. The molecule has 1 aliphatic heterocycles. The number of Topliss-reactive ketones (excluding diaryl/α,β-unsaturated/α-hetero) is 1. The lowest BCUT2D eigenvalue weighted by atomic mass is 9.95. The fourth-order valence-electron chi connectivity index (χ4n) is 4.10. The molecule has 1 N–H and O–H groups in total. The predicted molar refractivity (Wildman–Crippen MR) is 125 cm³/mol. The smallest absolute Gasteiger partial charge is 0.295 e. The Hall–Kier alpha value is -2.90.